The van der Waals surface area contributed by atoms with Gasteiger partial charge in [-0.25, -0.2) is 18.5 Å². The van der Waals surface area contributed by atoms with E-state index >= 15 is 0 Å². The van der Waals surface area contributed by atoms with E-state index in [1.54, 1.807) is 5.38 Å². The minimum Gasteiger partial charge on any atom is -0.379 e. The first-order valence-corrected chi connectivity index (χ1v) is 11.2. The van der Waals surface area contributed by atoms with E-state index in [4.69, 9.17) is 9.88 Å². The van der Waals surface area contributed by atoms with E-state index < -0.39 is 15.9 Å². The second kappa shape index (κ2) is 9.41. The summed E-state index contributed by atoms with van der Waals surface area (Å²) in [7, 11) is -3.82. The number of anilines is 1. The summed E-state index contributed by atoms with van der Waals surface area (Å²) in [4.78, 5) is 30.7. The highest BCUT2D eigenvalue weighted by Gasteiger charge is 2.15. The molecule has 1 aromatic carbocycles. The molecule has 0 bridgehead atoms. The van der Waals surface area contributed by atoms with Gasteiger partial charge in [0, 0.05) is 37.1 Å². The van der Waals surface area contributed by atoms with Crippen molar-refractivity contribution in [3.05, 3.63) is 40.9 Å². The SMILES string of the molecule is NS(=O)(=O)c1ccc(C(=O)Nc2nc(C(=O)NCCN3CCOCC3)cs2)cc1. The Labute approximate surface area is 172 Å². The molecule has 1 fully saturated rings. The molecule has 0 saturated carbocycles. The van der Waals surface area contributed by atoms with E-state index in [0.29, 0.717) is 19.8 Å². The number of carbonyl (C=O) groups is 2. The van der Waals surface area contributed by atoms with Crippen LogP contribution in [0, 0.1) is 0 Å². The van der Waals surface area contributed by atoms with E-state index in [2.05, 4.69) is 20.5 Å². The summed E-state index contributed by atoms with van der Waals surface area (Å²) >= 11 is 1.12. The van der Waals surface area contributed by atoms with Crippen LogP contribution in [0.5, 0.6) is 0 Å². The number of carbonyl (C=O) groups excluding carboxylic acids is 2. The third-order valence-electron chi connectivity index (χ3n) is 4.22. The molecule has 10 nitrogen and oxygen atoms in total. The molecular formula is C17H21N5O5S2. The lowest BCUT2D eigenvalue weighted by Crippen LogP contribution is -2.41. The second-order valence-corrected chi connectivity index (χ2v) is 8.69. The monoisotopic (exact) mass is 439 g/mol. The number of sulfonamides is 1. The Hall–Kier alpha value is -2.38. The van der Waals surface area contributed by atoms with E-state index in [-0.39, 0.29) is 27.2 Å². The fraction of sp³-hybridized carbons (Fsp3) is 0.353. The van der Waals surface area contributed by atoms with Crippen molar-refractivity contribution in [1.29, 1.82) is 0 Å². The Bertz CT molecular complexity index is 968. The Kier molecular flexibility index (Phi) is 6.92. The van der Waals surface area contributed by atoms with Gasteiger partial charge < -0.3 is 10.1 Å². The molecule has 4 N–H and O–H groups in total. The average molecular weight is 440 g/mol. The van der Waals surface area contributed by atoms with Crippen LogP contribution >= 0.6 is 11.3 Å². The van der Waals surface area contributed by atoms with Crippen LogP contribution in [0.25, 0.3) is 0 Å². The number of rotatable bonds is 7. The van der Waals surface area contributed by atoms with Crippen molar-refractivity contribution in [1.82, 2.24) is 15.2 Å². The number of morpholine rings is 1. The maximum absolute atomic E-state index is 12.3. The van der Waals surface area contributed by atoms with Gasteiger partial charge in [-0.2, -0.15) is 0 Å². The maximum Gasteiger partial charge on any atom is 0.270 e. The third kappa shape index (κ3) is 6.05. The van der Waals surface area contributed by atoms with Gasteiger partial charge in [-0.05, 0) is 24.3 Å². The fourth-order valence-corrected chi connectivity index (χ4v) is 3.84. The van der Waals surface area contributed by atoms with E-state index in [9.17, 15) is 18.0 Å². The normalized spacial score (nSPS) is 15.1. The van der Waals surface area contributed by atoms with Gasteiger partial charge in [0.05, 0.1) is 18.1 Å². The number of nitrogens with two attached hydrogens (primary N) is 1. The number of hydrogen-bond donors (Lipinski definition) is 3. The van der Waals surface area contributed by atoms with Crippen molar-refractivity contribution in [2.24, 2.45) is 5.14 Å². The Balaban J connectivity index is 1.51. The first-order chi connectivity index (χ1) is 13.8. The zero-order valence-corrected chi connectivity index (χ0v) is 17.1. The van der Waals surface area contributed by atoms with Crippen LogP contribution in [0.4, 0.5) is 5.13 Å². The molecule has 2 heterocycles. The number of amides is 2. The highest BCUT2D eigenvalue weighted by atomic mass is 32.2. The van der Waals surface area contributed by atoms with Crippen LogP contribution in [0.15, 0.2) is 34.5 Å². The van der Waals surface area contributed by atoms with Crippen molar-refractivity contribution >= 4 is 38.3 Å². The van der Waals surface area contributed by atoms with Gasteiger partial charge in [-0.3, -0.25) is 19.8 Å². The van der Waals surface area contributed by atoms with E-state index in [0.717, 1.165) is 31.0 Å². The Morgan fingerprint density at radius 1 is 1.17 bits per heavy atom. The summed E-state index contributed by atoms with van der Waals surface area (Å²) < 4.78 is 27.8. The summed E-state index contributed by atoms with van der Waals surface area (Å²) in [5, 5.41) is 12.2. The number of benzene rings is 1. The summed E-state index contributed by atoms with van der Waals surface area (Å²) in [5.74, 6) is -0.785. The fourth-order valence-electron chi connectivity index (χ4n) is 2.64. The van der Waals surface area contributed by atoms with E-state index in [1.165, 1.54) is 24.3 Å². The predicted molar refractivity (Wildman–Crippen MR) is 107 cm³/mol. The van der Waals surface area contributed by atoms with E-state index in [1.807, 2.05) is 0 Å². The van der Waals surface area contributed by atoms with Crippen LogP contribution in [-0.2, 0) is 14.8 Å². The minimum absolute atomic E-state index is 0.0839. The quantitative estimate of drug-likeness (QED) is 0.555. The van der Waals surface area contributed by atoms with Crippen LogP contribution in [0.3, 0.4) is 0 Å². The summed E-state index contributed by atoms with van der Waals surface area (Å²) in [6.07, 6.45) is 0. The molecule has 1 aliphatic heterocycles. The van der Waals surface area contributed by atoms with Gasteiger partial charge in [0.2, 0.25) is 10.0 Å². The van der Waals surface area contributed by atoms with Crippen molar-refractivity contribution in [3.8, 4) is 0 Å². The summed E-state index contributed by atoms with van der Waals surface area (Å²) in [6.45, 7) is 4.33. The van der Waals surface area contributed by atoms with Crippen LogP contribution in [-0.4, -0.2) is 69.5 Å². The molecule has 1 aliphatic rings. The molecule has 0 unspecified atom stereocenters. The maximum atomic E-state index is 12.3. The number of nitrogens with zero attached hydrogens (tertiary/aromatic N) is 2. The zero-order chi connectivity index (χ0) is 20.9. The number of thiazole rings is 1. The first kappa shape index (κ1) is 21.3. The molecule has 0 atom stereocenters. The Morgan fingerprint density at radius 2 is 1.86 bits per heavy atom. The lowest BCUT2D eigenvalue weighted by atomic mass is 10.2. The standard InChI is InChI=1S/C17H21N5O5S2/c18-29(25,26)13-3-1-12(2-4-13)15(23)21-17-20-14(11-28-17)16(24)19-5-6-22-7-9-27-10-8-22/h1-4,11H,5-10H2,(H,19,24)(H2,18,25,26)(H,20,21,23). The molecule has 0 aliphatic carbocycles. The number of hydrogen-bond acceptors (Lipinski definition) is 8. The van der Waals surface area contributed by atoms with Gasteiger partial charge in [0.25, 0.3) is 11.8 Å². The number of ether oxygens (including phenoxy) is 1. The lowest BCUT2D eigenvalue weighted by Gasteiger charge is -2.26. The molecule has 0 spiro atoms. The van der Waals surface area contributed by atoms with Crippen molar-refractivity contribution in [2.75, 3.05) is 44.7 Å². The average Bonchev–Trinajstić information content (AvgIpc) is 3.17. The molecule has 2 aromatic rings. The summed E-state index contributed by atoms with van der Waals surface area (Å²) in [6, 6.07) is 5.20. The summed E-state index contributed by atoms with van der Waals surface area (Å²) in [5.41, 5.74) is 0.459. The molecule has 12 heteroatoms. The first-order valence-electron chi connectivity index (χ1n) is 8.81. The molecule has 3 rings (SSSR count). The smallest absolute Gasteiger partial charge is 0.270 e. The number of aromatic nitrogens is 1. The van der Waals surface area contributed by atoms with Gasteiger partial charge in [0.15, 0.2) is 5.13 Å². The van der Waals surface area contributed by atoms with Crippen LogP contribution in [0.1, 0.15) is 20.8 Å². The highest BCUT2D eigenvalue weighted by Crippen LogP contribution is 2.17. The molecule has 29 heavy (non-hydrogen) atoms. The minimum atomic E-state index is -3.82. The molecule has 2 amide bonds. The molecular weight excluding hydrogens is 418 g/mol. The highest BCUT2D eigenvalue weighted by molar-refractivity contribution is 7.89. The van der Waals surface area contributed by atoms with Crippen LogP contribution in [0.2, 0.25) is 0 Å². The largest absolute Gasteiger partial charge is 0.379 e. The van der Waals surface area contributed by atoms with Gasteiger partial charge in [-0.1, -0.05) is 0 Å². The molecule has 1 aromatic heterocycles. The topological polar surface area (TPSA) is 144 Å². The third-order valence-corrected chi connectivity index (χ3v) is 5.91. The van der Waals surface area contributed by atoms with Crippen LogP contribution < -0.4 is 15.8 Å². The second-order valence-electron chi connectivity index (χ2n) is 6.27. The molecule has 1 saturated heterocycles. The molecule has 0 radical (unpaired) electrons. The van der Waals surface area contributed by atoms with Crippen molar-refractivity contribution in [2.45, 2.75) is 4.90 Å². The van der Waals surface area contributed by atoms with Gasteiger partial charge in [0.1, 0.15) is 5.69 Å². The van der Waals surface area contributed by atoms with Gasteiger partial charge in [-0.15, -0.1) is 11.3 Å². The van der Waals surface area contributed by atoms with Gasteiger partial charge >= 0.3 is 0 Å². The predicted octanol–water partition coefficient (Wildman–Crippen LogP) is 0.105. The number of primary sulfonamides is 1. The lowest BCUT2D eigenvalue weighted by molar-refractivity contribution is 0.0383. The van der Waals surface area contributed by atoms with Crippen molar-refractivity contribution in [3.63, 3.8) is 0 Å². The number of nitrogens with one attached hydrogen (secondary N) is 2. The zero-order valence-electron chi connectivity index (χ0n) is 15.5. The molecule has 156 valence electrons. The Morgan fingerprint density at radius 3 is 2.52 bits per heavy atom. The van der Waals surface area contributed by atoms with Crippen molar-refractivity contribution < 1.29 is 22.7 Å².